The SMILES string of the molecule is CSc1ccc(C(=O)[C@@H](N)Cc2ccccc2)cc1. The van der Waals surface area contributed by atoms with Crippen molar-refractivity contribution in [3.63, 3.8) is 0 Å². The van der Waals surface area contributed by atoms with Crippen molar-refractivity contribution >= 4 is 17.5 Å². The summed E-state index contributed by atoms with van der Waals surface area (Å²) in [6.45, 7) is 0. The number of rotatable bonds is 5. The number of benzene rings is 2. The second-order valence-corrected chi connectivity index (χ2v) is 5.27. The van der Waals surface area contributed by atoms with Crippen LogP contribution >= 0.6 is 11.8 Å². The molecule has 0 aliphatic rings. The molecule has 0 aromatic heterocycles. The van der Waals surface area contributed by atoms with Gasteiger partial charge in [-0.25, -0.2) is 0 Å². The molecule has 0 saturated heterocycles. The van der Waals surface area contributed by atoms with Gasteiger partial charge in [-0.1, -0.05) is 42.5 Å². The highest BCUT2D eigenvalue weighted by molar-refractivity contribution is 7.98. The zero-order valence-electron chi connectivity index (χ0n) is 10.9. The van der Waals surface area contributed by atoms with E-state index < -0.39 is 6.04 Å². The van der Waals surface area contributed by atoms with Gasteiger partial charge in [-0.2, -0.15) is 0 Å². The summed E-state index contributed by atoms with van der Waals surface area (Å²) in [5, 5.41) is 0. The summed E-state index contributed by atoms with van der Waals surface area (Å²) in [6.07, 6.45) is 2.59. The second-order valence-electron chi connectivity index (χ2n) is 4.39. The first-order valence-corrected chi connectivity index (χ1v) is 7.41. The van der Waals surface area contributed by atoms with Crippen molar-refractivity contribution in [2.75, 3.05) is 6.26 Å². The van der Waals surface area contributed by atoms with E-state index in [9.17, 15) is 4.79 Å². The molecule has 0 saturated carbocycles. The van der Waals surface area contributed by atoms with E-state index in [1.165, 1.54) is 0 Å². The number of carbonyl (C=O) groups excluding carboxylic acids is 1. The maximum Gasteiger partial charge on any atom is 0.179 e. The van der Waals surface area contributed by atoms with Gasteiger partial charge in [0.25, 0.3) is 0 Å². The summed E-state index contributed by atoms with van der Waals surface area (Å²) < 4.78 is 0. The molecule has 2 rings (SSSR count). The Bertz CT molecular complexity index is 536. The van der Waals surface area contributed by atoms with Crippen molar-refractivity contribution in [2.45, 2.75) is 17.4 Å². The van der Waals surface area contributed by atoms with Crippen LogP contribution in [0.3, 0.4) is 0 Å². The molecule has 2 nitrogen and oxygen atoms in total. The van der Waals surface area contributed by atoms with Crippen LogP contribution in [-0.4, -0.2) is 18.1 Å². The van der Waals surface area contributed by atoms with Gasteiger partial charge in [-0.15, -0.1) is 11.8 Å². The molecule has 0 aliphatic heterocycles. The third-order valence-corrected chi connectivity index (χ3v) is 3.75. The summed E-state index contributed by atoms with van der Waals surface area (Å²) in [5.74, 6) is -0.00324. The molecular formula is C16H17NOS. The second kappa shape index (κ2) is 6.55. The summed E-state index contributed by atoms with van der Waals surface area (Å²) in [6, 6.07) is 17.0. The number of thioether (sulfide) groups is 1. The topological polar surface area (TPSA) is 43.1 Å². The number of ketones is 1. The minimum absolute atomic E-state index is 0.00324. The molecule has 0 amide bonds. The zero-order valence-corrected chi connectivity index (χ0v) is 11.7. The van der Waals surface area contributed by atoms with Crippen molar-refractivity contribution < 1.29 is 4.79 Å². The van der Waals surface area contributed by atoms with E-state index in [1.54, 1.807) is 11.8 Å². The van der Waals surface area contributed by atoms with Crippen molar-refractivity contribution in [3.05, 3.63) is 65.7 Å². The molecule has 2 aromatic rings. The Morgan fingerprint density at radius 3 is 2.32 bits per heavy atom. The van der Waals surface area contributed by atoms with E-state index in [0.717, 1.165) is 10.5 Å². The highest BCUT2D eigenvalue weighted by Crippen LogP contribution is 2.16. The van der Waals surface area contributed by atoms with Crippen molar-refractivity contribution in [3.8, 4) is 0 Å². The van der Waals surface area contributed by atoms with E-state index in [1.807, 2.05) is 60.9 Å². The predicted molar refractivity (Wildman–Crippen MR) is 80.7 cm³/mol. The van der Waals surface area contributed by atoms with Gasteiger partial charge in [-0.05, 0) is 30.4 Å². The fourth-order valence-corrected chi connectivity index (χ4v) is 2.34. The predicted octanol–water partition coefficient (Wildman–Crippen LogP) is 3.16. The highest BCUT2D eigenvalue weighted by atomic mass is 32.2. The lowest BCUT2D eigenvalue weighted by Gasteiger charge is -2.11. The molecule has 2 aromatic carbocycles. The van der Waals surface area contributed by atoms with E-state index in [4.69, 9.17) is 5.73 Å². The lowest BCUT2D eigenvalue weighted by molar-refractivity contribution is 0.0961. The summed E-state index contributed by atoms with van der Waals surface area (Å²) in [5.41, 5.74) is 7.77. The van der Waals surface area contributed by atoms with Crippen LogP contribution in [0.1, 0.15) is 15.9 Å². The normalized spacial score (nSPS) is 12.1. The molecule has 0 fully saturated rings. The third-order valence-electron chi connectivity index (χ3n) is 3.01. The molecule has 98 valence electrons. The molecule has 2 N–H and O–H groups in total. The molecule has 0 unspecified atom stereocenters. The quantitative estimate of drug-likeness (QED) is 0.671. The van der Waals surface area contributed by atoms with Crippen LogP contribution in [0.5, 0.6) is 0 Å². The van der Waals surface area contributed by atoms with Crippen LogP contribution in [-0.2, 0) is 6.42 Å². The average Bonchev–Trinajstić information content (AvgIpc) is 2.47. The maximum atomic E-state index is 12.2. The van der Waals surface area contributed by atoms with Gasteiger partial charge in [0.2, 0.25) is 0 Å². The molecule has 0 bridgehead atoms. The van der Waals surface area contributed by atoms with Crippen LogP contribution in [0.4, 0.5) is 0 Å². The molecule has 1 atom stereocenters. The van der Waals surface area contributed by atoms with E-state index in [-0.39, 0.29) is 5.78 Å². The summed E-state index contributed by atoms with van der Waals surface area (Å²) >= 11 is 1.66. The molecule has 0 radical (unpaired) electrons. The molecule has 0 spiro atoms. The van der Waals surface area contributed by atoms with Crippen LogP contribution < -0.4 is 5.73 Å². The van der Waals surface area contributed by atoms with Crippen molar-refractivity contribution in [1.82, 2.24) is 0 Å². The van der Waals surface area contributed by atoms with Crippen LogP contribution in [0.2, 0.25) is 0 Å². The fourth-order valence-electron chi connectivity index (χ4n) is 1.93. The lowest BCUT2D eigenvalue weighted by Crippen LogP contribution is -2.32. The van der Waals surface area contributed by atoms with Crippen LogP contribution in [0, 0.1) is 0 Å². The smallest absolute Gasteiger partial charge is 0.179 e. The minimum Gasteiger partial charge on any atom is -0.321 e. The highest BCUT2D eigenvalue weighted by Gasteiger charge is 2.15. The van der Waals surface area contributed by atoms with Gasteiger partial charge in [0.05, 0.1) is 6.04 Å². The van der Waals surface area contributed by atoms with Crippen molar-refractivity contribution in [1.29, 1.82) is 0 Å². The van der Waals surface area contributed by atoms with Gasteiger partial charge in [-0.3, -0.25) is 4.79 Å². The summed E-state index contributed by atoms with van der Waals surface area (Å²) in [7, 11) is 0. The lowest BCUT2D eigenvalue weighted by atomic mass is 9.98. The largest absolute Gasteiger partial charge is 0.321 e. The van der Waals surface area contributed by atoms with E-state index in [2.05, 4.69) is 0 Å². The van der Waals surface area contributed by atoms with E-state index in [0.29, 0.717) is 12.0 Å². The first kappa shape index (κ1) is 13.8. The Morgan fingerprint density at radius 2 is 1.74 bits per heavy atom. The Balaban J connectivity index is 2.06. The van der Waals surface area contributed by atoms with Gasteiger partial charge in [0.15, 0.2) is 5.78 Å². The number of nitrogens with two attached hydrogens (primary N) is 1. The molecule has 3 heteroatoms. The van der Waals surface area contributed by atoms with E-state index >= 15 is 0 Å². The Morgan fingerprint density at radius 1 is 1.11 bits per heavy atom. The van der Waals surface area contributed by atoms with Crippen molar-refractivity contribution in [2.24, 2.45) is 5.73 Å². The Hall–Kier alpha value is -1.58. The third kappa shape index (κ3) is 3.69. The maximum absolute atomic E-state index is 12.2. The summed E-state index contributed by atoms with van der Waals surface area (Å²) in [4.78, 5) is 13.4. The number of hydrogen-bond donors (Lipinski definition) is 1. The standard InChI is InChI=1S/C16H17NOS/c1-19-14-9-7-13(8-10-14)16(18)15(17)11-12-5-3-2-4-6-12/h2-10,15H,11,17H2,1H3/t15-/m0/s1. The number of carbonyl (C=O) groups is 1. The minimum atomic E-state index is -0.484. The zero-order chi connectivity index (χ0) is 13.7. The molecule has 19 heavy (non-hydrogen) atoms. The van der Waals surface area contributed by atoms with Gasteiger partial charge in [0, 0.05) is 10.5 Å². The van der Waals surface area contributed by atoms with Gasteiger partial charge < -0.3 is 5.73 Å². The Kier molecular flexibility index (Phi) is 4.77. The molecule has 0 heterocycles. The fraction of sp³-hybridized carbons (Fsp3) is 0.188. The molecule has 0 aliphatic carbocycles. The Labute approximate surface area is 118 Å². The first-order chi connectivity index (χ1) is 9.20. The molecular weight excluding hydrogens is 254 g/mol. The average molecular weight is 271 g/mol. The number of hydrogen-bond acceptors (Lipinski definition) is 3. The monoisotopic (exact) mass is 271 g/mol. The van der Waals surface area contributed by atoms with Crippen LogP contribution in [0.25, 0.3) is 0 Å². The van der Waals surface area contributed by atoms with Gasteiger partial charge >= 0.3 is 0 Å². The number of Topliss-reactive ketones (excluding diaryl/α,β-unsaturated/α-hetero) is 1. The van der Waals surface area contributed by atoms with Crippen LogP contribution in [0.15, 0.2) is 59.5 Å². The van der Waals surface area contributed by atoms with Gasteiger partial charge in [0.1, 0.15) is 0 Å². The first-order valence-electron chi connectivity index (χ1n) is 6.18.